The number of carbonyl (C=O) groups excluding carboxylic acids is 1. The van der Waals surface area contributed by atoms with Gasteiger partial charge in [-0.1, -0.05) is 29.8 Å². The molecule has 2 atom stereocenters. The molecule has 0 spiro atoms. The highest BCUT2D eigenvalue weighted by Crippen LogP contribution is 2.24. The van der Waals surface area contributed by atoms with Gasteiger partial charge in [0, 0.05) is 36.8 Å². The van der Waals surface area contributed by atoms with Crippen molar-refractivity contribution in [3.05, 3.63) is 69.7 Å². The van der Waals surface area contributed by atoms with Crippen LogP contribution in [0.3, 0.4) is 0 Å². The minimum atomic E-state index is -1.26. The van der Waals surface area contributed by atoms with Crippen molar-refractivity contribution in [3.63, 3.8) is 0 Å². The van der Waals surface area contributed by atoms with Crippen molar-refractivity contribution in [2.24, 2.45) is 0 Å². The first-order valence-corrected chi connectivity index (χ1v) is 9.89. The zero-order valence-electron chi connectivity index (χ0n) is 16.3. The lowest BCUT2D eigenvalue weighted by Crippen LogP contribution is -2.60. The summed E-state index contributed by atoms with van der Waals surface area (Å²) in [5.74, 6) is -0.166. The lowest BCUT2D eigenvalue weighted by atomic mass is 9.88. The van der Waals surface area contributed by atoms with Crippen LogP contribution >= 0.6 is 11.6 Å². The largest absolute Gasteiger partial charge is 0.388 e. The minimum absolute atomic E-state index is 0.100. The Labute approximate surface area is 170 Å². The molecule has 1 heterocycles. The predicted molar refractivity (Wildman–Crippen MR) is 111 cm³/mol. The normalized spacial score (nSPS) is 22.3. The molecule has 0 aliphatic carbocycles. The van der Waals surface area contributed by atoms with E-state index in [1.807, 2.05) is 6.07 Å². The zero-order chi connectivity index (χ0) is 20.3. The molecule has 1 amide bonds. The third-order valence-corrected chi connectivity index (χ3v) is 5.92. The zero-order valence-corrected chi connectivity index (χ0v) is 17.0. The van der Waals surface area contributed by atoms with Crippen LogP contribution in [0.15, 0.2) is 42.5 Å². The maximum absolute atomic E-state index is 12.6. The number of piperidine rings is 1. The quantitative estimate of drug-likeness (QED) is 0.719. The molecule has 0 saturated carbocycles. The van der Waals surface area contributed by atoms with Crippen LogP contribution in [0.25, 0.3) is 0 Å². The number of nitrogens with zero attached hydrogens (tertiary/aromatic N) is 1. The number of β-amino-alcohol motifs (C(OH)–C–C–N with tert-alkyl or cyclic N) is 1. The van der Waals surface area contributed by atoms with Gasteiger partial charge in [0.15, 0.2) is 0 Å². The summed E-state index contributed by atoms with van der Waals surface area (Å²) >= 11 is 5.87. The molecule has 0 aromatic heterocycles. The second-order valence-corrected chi connectivity index (χ2v) is 8.03. The molecule has 2 aromatic carbocycles. The number of aliphatic hydroxyl groups excluding tert-OH is 1. The molecule has 1 aliphatic heterocycles. The lowest BCUT2D eigenvalue weighted by molar-refractivity contribution is -0.110. The van der Waals surface area contributed by atoms with Crippen molar-refractivity contribution in [1.29, 1.82) is 0 Å². The van der Waals surface area contributed by atoms with E-state index >= 15 is 0 Å². The molecular formula is C22H27ClN2O3. The Morgan fingerprint density at radius 1 is 1.25 bits per heavy atom. The first-order chi connectivity index (χ1) is 13.3. The molecule has 1 saturated heterocycles. The first-order valence-electron chi connectivity index (χ1n) is 9.51. The molecule has 0 unspecified atom stereocenters. The summed E-state index contributed by atoms with van der Waals surface area (Å²) in [6.45, 7) is 5.53. The van der Waals surface area contributed by atoms with Gasteiger partial charge in [-0.15, -0.1) is 0 Å². The Bertz CT molecular complexity index is 840. The Morgan fingerprint density at radius 2 is 1.96 bits per heavy atom. The number of hydrogen-bond donors (Lipinski definition) is 3. The van der Waals surface area contributed by atoms with Gasteiger partial charge >= 0.3 is 0 Å². The standard InChI is InChI=1S/C22H27ClN2O3/c1-15-4-3-5-18(16(15)2)12-24-14-22(28)10-11-25(13-20(22)26)21(27)17-6-8-19(23)9-7-17/h3-9,20,24,26,28H,10-14H2,1-2H3/t20-,22-/m0/s1. The number of halogens is 1. The summed E-state index contributed by atoms with van der Waals surface area (Å²) in [4.78, 5) is 14.2. The number of rotatable bonds is 5. The van der Waals surface area contributed by atoms with Crippen molar-refractivity contribution in [2.75, 3.05) is 19.6 Å². The number of amides is 1. The molecule has 2 aromatic rings. The molecule has 0 bridgehead atoms. The third kappa shape index (κ3) is 4.55. The molecule has 0 radical (unpaired) electrons. The molecule has 3 rings (SSSR count). The predicted octanol–water partition coefficient (Wildman–Crippen LogP) is 2.68. The highest BCUT2D eigenvalue weighted by molar-refractivity contribution is 6.30. The average molecular weight is 403 g/mol. The highest BCUT2D eigenvalue weighted by atomic mass is 35.5. The van der Waals surface area contributed by atoms with Crippen LogP contribution in [0, 0.1) is 13.8 Å². The fourth-order valence-corrected chi connectivity index (χ4v) is 3.67. The Kier molecular flexibility index (Phi) is 6.40. The van der Waals surface area contributed by atoms with Crippen molar-refractivity contribution >= 4 is 17.5 Å². The topological polar surface area (TPSA) is 72.8 Å². The minimum Gasteiger partial charge on any atom is -0.388 e. The van der Waals surface area contributed by atoms with E-state index in [-0.39, 0.29) is 19.0 Å². The first kappa shape index (κ1) is 20.8. The van der Waals surface area contributed by atoms with Crippen LogP contribution in [-0.4, -0.2) is 52.4 Å². The summed E-state index contributed by atoms with van der Waals surface area (Å²) in [7, 11) is 0. The number of hydrogen-bond acceptors (Lipinski definition) is 4. The molecule has 3 N–H and O–H groups in total. The van der Waals surface area contributed by atoms with Crippen LogP contribution in [-0.2, 0) is 6.54 Å². The van der Waals surface area contributed by atoms with Gasteiger partial charge in [-0.3, -0.25) is 4.79 Å². The third-order valence-electron chi connectivity index (χ3n) is 5.67. The number of likely N-dealkylation sites (tertiary alicyclic amines) is 1. The maximum atomic E-state index is 12.6. The Hall–Kier alpha value is -1.92. The van der Waals surface area contributed by atoms with Crippen LogP contribution in [0.4, 0.5) is 0 Å². The van der Waals surface area contributed by atoms with Crippen molar-refractivity contribution < 1.29 is 15.0 Å². The van der Waals surface area contributed by atoms with Gasteiger partial charge in [-0.2, -0.15) is 0 Å². The highest BCUT2D eigenvalue weighted by Gasteiger charge is 2.41. The fourth-order valence-electron chi connectivity index (χ4n) is 3.55. The van der Waals surface area contributed by atoms with Gasteiger partial charge in [0.1, 0.15) is 11.7 Å². The van der Waals surface area contributed by atoms with Crippen LogP contribution in [0.2, 0.25) is 5.02 Å². The lowest BCUT2D eigenvalue weighted by Gasteiger charge is -2.42. The van der Waals surface area contributed by atoms with Gasteiger partial charge in [-0.05, 0) is 61.2 Å². The molecule has 1 fully saturated rings. The van der Waals surface area contributed by atoms with E-state index in [0.717, 1.165) is 0 Å². The fraction of sp³-hybridized carbons (Fsp3) is 0.409. The Balaban J connectivity index is 1.57. The molecule has 28 heavy (non-hydrogen) atoms. The summed E-state index contributed by atoms with van der Waals surface area (Å²) < 4.78 is 0. The monoisotopic (exact) mass is 402 g/mol. The van der Waals surface area contributed by atoms with Crippen LogP contribution in [0.5, 0.6) is 0 Å². The number of carbonyl (C=O) groups is 1. The second kappa shape index (κ2) is 8.62. The summed E-state index contributed by atoms with van der Waals surface area (Å²) in [5, 5.41) is 25.2. The van der Waals surface area contributed by atoms with Gasteiger partial charge in [0.2, 0.25) is 0 Å². The number of aliphatic hydroxyl groups is 2. The van der Waals surface area contributed by atoms with Gasteiger partial charge < -0.3 is 20.4 Å². The van der Waals surface area contributed by atoms with Crippen LogP contribution < -0.4 is 5.32 Å². The van der Waals surface area contributed by atoms with Gasteiger partial charge in [0.05, 0.1) is 0 Å². The summed E-state index contributed by atoms with van der Waals surface area (Å²) in [5.41, 5.74) is 2.90. The number of nitrogens with one attached hydrogen (secondary N) is 1. The molecule has 1 aliphatic rings. The van der Waals surface area contributed by atoms with E-state index in [1.165, 1.54) is 16.7 Å². The van der Waals surface area contributed by atoms with Crippen molar-refractivity contribution in [3.8, 4) is 0 Å². The van der Waals surface area contributed by atoms with Crippen molar-refractivity contribution in [2.45, 2.75) is 38.5 Å². The number of benzene rings is 2. The molecular weight excluding hydrogens is 376 g/mol. The van der Waals surface area contributed by atoms with E-state index in [1.54, 1.807) is 29.2 Å². The maximum Gasteiger partial charge on any atom is 0.253 e. The van der Waals surface area contributed by atoms with E-state index in [4.69, 9.17) is 11.6 Å². The SMILES string of the molecule is Cc1cccc(CNC[C@@]2(O)CCN(C(=O)c3ccc(Cl)cc3)C[C@@H]2O)c1C. The van der Waals surface area contributed by atoms with Gasteiger partial charge in [0.25, 0.3) is 5.91 Å². The van der Waals surface area contributed by atoms with Gasteiger partial charge in [-0.25, -0.2) is 0 Å². The van der Waals surface area contributed by atoms with E-state index < -0.39 is 11.7 Å². The van der Waals surface area contributed by atoms with E-state index in [2.05, 4.69) is 31.3 Å². The molecule has 6 heteroatoms. The Morgan fingerprint density at radius 3 is 2.64 bits per heavy atom. The van der Waals surface area contributed by atoms with E-state index in [0.29, 0.717) is 30.1 Å². The summed E-state index contributed by atoms with van der Waals surface area (Å²) in [6.07, 6.45) is -0.698. The number of aryl methyl sites for hydroxylation is 1. The second-order valence-electron chi connectivity index (χ2n) is 7.59. The molecule has 150 valence electrons. The average Bonchev–Trinajstić information content (AvgIpc) is 2.67. The van der Waals surface area contributed by atoms with E-state index in [9.17, 15) is 15.0 Å². The van der Waals surface area contributed by atoms with Crippen molar-refractivity contribution in [1.82, 2.24) is 10.2 Å². The summed E-state index contributed by atoms with van der Waals surface area (Å²) in [6, 6.07) is 12.8. The molecule has 5 nitrogen and oxygen atoms in total. The van der Waals surface area contributed by atoms with Crippen LogP contribution in [0.1, 0.15) is 33.5 Å². The smallest absolute Gasteiger partial charge is 0.253 e.